The summed E-state index contributed by atoms with van der Waals surface area (Å²) in [5.41, 5.74) is 0. The molecule has 8 unspecified atom stereocenters. The van der Waals surface area contributed by atoms with Gasteiger partial charge in [-0.1, -0.05) is 54.4 Å². The van der Waals surface area contributed by atoms with Crippen LogP contribution in [0.3, 0.4) is 0 Å². The summed E-state index contributed by atoms with van der Waals surface area (Å²) >= 11 is 0. The van der Waals surface area contributed by atoms with Gasteiger partial charge in [-0.25, -0.2) is 0 Å². The maximum absolute atomic E-state index is 13.5. The second-order valence-electron chi connectivity index (χ2n) is 14.6. The van der Waals surface area contributed by atoms with Crippen molar-refractivity contribution >= 4 is 10.2 Å². The molecule has 0 N–H and O–H groups in total. The Kier molecular flexibility index (Phi) is 24.3. The molecule has 0 radical (unpaired) electrons. The van der Waals surface area contributed by atoms with Gasteiger partial charge in [-0.3, -0.25) is 4.39 Å². The zero-order chi connectivity index (χ0) is 33.5. The van der Waals surface area contributed by atoms with Crippen LogP contribution in [0, 0.1) is 47.3 Å². The molecular weight excluding hydrogens is 598 g/mol. The van der Waals surface area contributed by atoms with Gasteiger partial charge in [-0.05, 0) is 124 Å². The van der Waals surface area contributed by atoms with Gasteiger partial charge in [0, 0.05) is 26.4 Å². The lowest BCUT2D eigenvalue weighted by atomic mass is 9.81. The molecule has 1 aliphatic rings. The molecule has 0 aliphatic carbocycles. The average molecular weight is 669 g/mol. The van der Waals surface area contributed by atoms with Crippen LogP contribution < -0.4 is 0 Å². The predicted molar refractivity (Wildman–Crippen MR) is 181 cm³/mol. The van der Waals surface area contributed by atoms with Crippen molar-refractivity contribution in [2.24, 2.45) is 47.3 Å². The van der Waals surface area contributed by atoms with E-state index in [0.29, 0.717) is 87.5 Å². The zero-order valence-corrected chi connectivity index (χ0v) is 30.6. The summed E-state index contributed by atoms with van der Waals surface area (Å²) in [4.78, 5) is 0. The van der Waals surface area contributed by atoms with Crippen molar-refractivity contribution in [3.63, 3.8) is 0 Å². The molecule has 0 amide bonds. The SMILES string of the molecule is CCC1CCOCOCCC(CC)CC(CCS(=O)(=O)F)CC(C)CC(C)CCOCOCCC(C)CC(C)CC(CCF)C1. The van der Waals surface area contributed by atoms with Crippen molar-refractivity contribution in [3.8, 4) is 0 Å². The lowest BCUT2D eigenvalue weighted by molar-refractivity contribution is -0.0614. The van der Waals surface area contributed by atoms with Gasteiger partial charge >= 0.3 is 10.2 Å². The zero-order valence-electron chi connectivity index (χ0n) is 29.8. The highest BCUT2D eigenvalue weighted by Gasteiger charge is 2.23. The minimum Gasteiger partial charge on any atom is -0.355 e. The van der Waals surface area contributed by atoms with Crippen LogP contribution in [0.5, 0.6) is 0 Å². The van der Waals surface area contributed by atoms with Gasteiger partial charge < -0.3 is 18.9 Å². The molecule has 6 nitrogen and oxygen atoms in total. The largest absolute Gasteiger partial charge is 0.355 e. The first kappa shape index (κ1) is 42.7. The van der Waals surface area contributed by atoms with E-state index in [-0.39, 0.29) is 19.4 Å². The summed E-state index contributed by atoms with van der Waals surface area (Å²) in [5.74, 6) is 3.08. The Morgan fingerprint density at radius 2 is 0.956 bits per heavy atom. The van der Waals surface area contributed by atoms with Gasteiger partial charge in [0.15, 0.2) is 0 Å². The lowest BCUT2D eigenvalue weighted by Crippen LogP contribution is -2.18. The van der Waals surface area contributed by atoms with E-state index in [1.165, 1.54) is 0 Å². The monoisotopic (exact) mass is 668 g/mol. The molecule has 270 valence electrons. The summed E-state index contributed by atoms with van der Waals surface area (Å²) in [7, 11) is -4.48. The molecule has 0 bridgehead atoms. The fourth-order valence-electron chi connectivity index (χ4n) is 7.41. The fraction of sp³-hybridized carbons (Fsp3) is 1.00. The van der Waals surface area contributed by atoms with E-state index in [4.69, 9.17) is 18.9 Å². The Hall–Kier alpha value is -0.350. The molecule has 1 saturated heterocycles. The summed E-state index contributed by atoms with van der Waals surface area (Å²) in [6.45, 7) is 16.3. The number of rotatable bonds is 7. The Bertz CT molecular complexity index is 800. The van der Waals surface area contributed by atoms with Crippen molar-refractivity contribution < 1.29 is 35.6 Å². The van der Waals surface area contributed by atoms with Gasteiger partial charge in [0.25, 0.3) is 0 Å². The van der Waals surface area contributed by atoms with Gasteiger partial charge in [-0.2, -0.15) is 8.42 Å². The van der Waals surface area contributed by atoms with E-state index < -0.39 is 16.0 Å². The van der Waals surface area contributed by atoms with Crippen LogP contribution in [0.4, 0.5) is 8.28 Å². The van der Waals surface area contributed by atoms with Crippen molar-refractivity contribution in [1.82, 2.24) is 0 Å². The number of ether oxygens (including phenoxy) is 4. The molecule has 0 spiro atoms. The third-order valence-corrected chi connectivity index (χ3v) is 10.8. The molecule has 1 fully saturated rings. The molecule has 45 heavy (non-hydrogen) atoms. The predicted octanol–water partition coefficient (Wildman–Crippen LogP) is 9.76. The smallest absolute Gasteiger partial charge is 0.302 e. The second kappa shape index (κ2) is 25.6. The van der Waals surface area contributed by atoms with Crippen LogP contribution >= 0.6 is 0 Å². The third kappa shape index (κ3) is 23.6. The van der Waals surface area contributed by atoms with Gasteiger partial charge in [0.2, 0.25) is 0 Å². The van der Waals surface area contributed by atoms with Crippen LogP contribution in [0.1, 0.15) is 131 Å². The van der Waals surface area contributed by atoms with Crippen molar-refractivity contribution in [2.45, 2.75) is 131 Å². The second-order valence-corrected chi connectivity index (χ2v) is 16.1. The standard InChI is InChI=1S/C36H70F2O6S/c1-7-33-12-18-43-28-44-19-13-34(8-2)26-36(14-20-45(38,39)40)24-32(6)22-30(4)11-17-42-27-41-16-10-29(3)21-31(5)23-35(25-33)9-15-37/h29-36H,7-28H2,1-6H3. The van der Waals surface area contributed by atoms with Gasteiger partial charge in [0.1, 0.15) is 13.6 Å². The summed E-state index contributed by atoms with van der Waals surface area (Å²) in [5, 5.41) is 0. The third-order valence-electron chi connectivity index (χ3n) is 10.0. The molecule has 0 aromatic rings. The number of hydrogen-bond acceptors (Lipinski definition) is 6. The molecule has 0 aromatic carbocycles. The molecule has 1 heterocycles. The van der Waals surface area contributed by atoms with Gasteiger partial charge in [-0.15, -0.1) is 3.89 Å². The number of alkyl halides is 1. The van der Waals surface area contributed by atoms with Gasteiger partial charge in [0.05, 0.1) is 12.4 Å². The minimum atomic E-state index is -4.48. The van der Waals surface area contributed by atoms with Crippen molar-refractivity contribution in [1.29, 1.82) is 0 Å². The highest BCUT2D eigenvalue weighted by atomic mass is 32.3. The maximum Gasteiger partial charge on any atom is 0.302 e. The number of hydrogen-bond donors (Lipinski definition) is 0. The van der Waals surface area contributed by atoms with Crippen LogP contribution in [0.2, 0.25) is 0 Å². The molecule has 8 atom stereocenters. The Morgan fingerprint density at radius 3 is 1.33 bits per heavy atom. The first-order chi connectivity index (χ1) is 21.4. The molecule has 0 saturated carbocycles. The van der Waals surface area contributed by atoms with Crippen LogP contribution in [0.25, 0.3) is 0 Å². The van der Waals surface area contributed by atoms with Crippen LogP contribution in [0.15, 0.2) is 0 Å². The quantitative estimate of drug-likeness (QED) is 0.252. The van der Waals surface area contributed by atoms with Crippen molar-refractivity contribution in [3.05, 3.63) is 0 Å². The topological polar surface area (TPSA) is 71.1 Å². The Morgan fingerprint density at radius 1 is 0.556 bits per heavy atom. The highest BCUT2D eigenvalue weighted by Crippen LogP contribution is 2.32. The van der Waals surface area contributed by atoms with Crippen LogP contribution in [-0.2, 0) is 29.2 Å². The van der Waals surface area contributed by atoms with Crippen LogP contribution in [-0.4, -0.2) is 60.9 Å². The first-order valence-electron chi connectivity index (χ1n) is 18.2. The summed E-state index contributed by atoms with van der Waals surface area (Å²) in [6, 6.07) is 0. The molecule has 9 heteroatoms. The van der Waals surface area contributed by atoms with E-state index in [9.17, 15) is 16.7 Å². The summed E-state index contributed by atoms with van der Waals surface area (Å²) < 4.78 is 72.8. The Labute approximate surface area is 276 Å². The number of halogens is 2. The molecule has 0 aromatic heterocycles. The normalized spacial score (nSPS) is 33.2. The lowest BCUT2D eigenvalue weighted by Gasteiger charge is -2.27. The van der Waals surface area contributed by atoms with E-state index in [2.05, 4.69) is 41.5 Å². The Balaban J connectivity index is 2.79. The average Bonchev–Trinajstić information content (AvgIpc) is 2.96. The minimum absolute atomic E-state index is 0.160. The highest BCUT2D eigenvalue weighted by molar-refractivity contribution is 7.86. The molecule has 1 aliphatic heterocycles. The van der Waals surface area contributed by atoms with E-state index in [0.717, 1.165) is 77.0 Å². The van der Waals surface area contributed by atoms with E-state index in [1.807, 2.05) is 0 Å². The summed E-state index contributed by atoms with van der Waals surface area (Å²) in [6.07, 6.45) is 12.9. The van der Waals surface area contributed by atoms with Crippen molar-refractivity contribution in [2.75, 3.05) is 52.4 Å². The maximum atomic E-state index is 13.5. The van der Waals surface area contributed by atoms with E-state index in [1.54, 1.807) is 0 Å². The molecule has 1 rings (SSSR count). The molecular formula is C36H70F2O6S. The first-order valence-corrected chi connectivity index (χ1v) is 19.8. The fourth-order valence-corrected chi connectivity index (χ4v) is 8.02. The van der Waals surface area contributed by atoms with E-state index >= 15 is 0 Å².